The van der Waals surface area contributed by atoms with Crippen molar-refractivity contribution in [3.63, 3.8) is 0 Å². The molecule has 0 saturated carbocycles. The molecule has 82 valence electrons. The maximum Gasteiger partial charge on any atom is 0.224 e. The highest BCUT2D eigenvalue weighted by Gasteiger charge is 2.12. The summed E-state index contributed by atoms with van der Waals surface area (Å²) in [5.41, 5.74) is 0.420. The highest BCUT2D eigenvalue weighted by Crippen LogP contribution is 2.30. The summed E-state index contributed by atoms with van der Waals surface area (Å²) in [5, 5.41) is 0.321. The zero-order chi connectivity index (χ0) is 11.7. The lowest BCUT2D eigenvalue weighted by atomic mass is 10.1. The number of benzene rings is 1. The Morgan fingerprint density at radius 2 is 1.81 bits per heavy atom. The monoisotopic (exact) mass is 276 g/mol. The molecule has 2 rings (SSSR count). The number of nitrogens with zero attached hydrogens (tertiary/aromatic N) is 2. The molecule has 0 N–H and O–H groups in total. The molecule has 0 bridgehead atoms. The molecular weight excluding hydrogens is 273 g/mol. The lowest BCUT2D eigenvalue weighted by Gasteiger charge is -2.05. The van der Waals surface area contributed by atoms with E-state index >= 15 is 0 Å². The lowest BCUT2D eigenvalue weighted by Crippen LogP contribution is -1.92. The molecule has 1 heterocycles. The normalized spacial score (nSPS) is 10.5. The third-order valence-corrected chi connectivity index (χ3v) is 2.56. The van der Waals surface area contributed by atoms with Gasteiger partial charge in [0, 0.05) is 6.07 Å². The van der Waals surface area contributed by atoms with Gasteiger partial charge in [0.15, 0.2) is 0 Å². The molecule has 0 radical (unpaired) electrons. The molecule has 0 aliphatic carbocycles. The molecular formula is C10H4Cl3FN2. The molecule has 0 amide bonds. The Labute approximate surface area is 106 Å². The topological polar surface area (TPSA) is 25.8 Å². The number of hydrogen-bond acceptors (Lipinski definition) is 2. The number of halogens is 4. The molecule has 1 aromatic carbocycles. The van der Waals surface area contributed by atoms with Crippen molar-refractivity contribution in [1.82, 2.24) is 9.97 Å². The number of rotatable bonds is 1. The second-order valence-corrected chi connectivity index (χ2v) is 4.07. The maximum atomic E-state index is 13.6. The third-order valence-electron chi connectivity index (χ3n) is 1.89. The van der Waals surface area contributed by atoms with E-state index in [4.69, 9.17) is 34.8 Å². The van der Waals surface area contributed by atoms with Gasteiger partial charge in [-0.15, -0.1) is 0 Å². The fourth-order valence-corrected chi connectivity index (χ4v) is 1.93. The van der Waals surface area contributed by atoms with Gasteiger partial charge in [-0.05, 0) is 23.7 Å². The SMILES string of the molecule is Fc1cccc(Cl)c1-c1cc(Cl)nc(Cl)n1. The molecule has 0 unspecified atom stereocenters. The van der Waals surface area contributed by atoms with Crippen LogP contribution < -0.4 is 0 Å². The van der Waals surface area contributed by atoms with Gasteiger partial charge in [-0.25, -0.2) is 14.4 Å². The highest BCUT2D eigenvalue weighted by atomic mass is 35.5. The van der Waals surface area contributed by atoms with Crippen LogP contribution in [0.5, 0.6) is 0 Å². The Bertz CT molecular complexity index is 505. The van der Waals surface area contributed by atoms with Crippen LogP contribution in [0, 0.1) is 5.82 Å². The van der Waals surface area contributed by atoms with Crippen LogP contribution in [0.3, 0.4) is 0 Å². The summed E-state index contributed by atoms with van der Waals surface area (Å²) < 4.78 is 13.6. The molecule has 2 aromatic rings. The molecule has 0 spiro atoms. The van der Waals surface area contributed by atoms with Gasteiger partial charge in [-0.3, -0.25) is 0 Å². The maximum absolute atomic E-state index is 13.6. The van der Waals surface area contributed by atoms with Crippen molar-refractivity contribution in [2.24, 2.45) is 0 Å². The van der Waals surface area contributed by atoms with Gasteiger partial charge in [0.25, 0.3) is 0 Å². The average Bonchev–Trinajstić information content (AvgIpc) is 2.15. The minimum Gasteiger partial charge on any atom is -0.218 e. The first-order valence-corrected chi connectivity index (χ1v) is 5.36. The summed E-state index contributed by atoms with van der Waals surface area (Å²) >= 11 is 17.2. The molecule has 0 fully saturated rings. The molecule has 0 aliphatic rings. The zero-order valence-electron chi connectivity index (χ0n) is 7.72. The Balaban J connectivity index is 2.67. The van der Waals surface area contributed by atoms with Crippen molar-refractivity contribution in [2.45, 2.75) is 0 Å². The van der Waals surface area contributed by atoms with E-state index in [1.165, 1.54) is 18.2 Å². The summed E-state index contributed by atoms with van der Waals surface area (Å²) in [6, 6.07) is 5.75. The minimum atomic E-state index is -0.488. The Morgan fingerprint density at radius 3 is 2.44 bits per heavy atom. The first kappa shape index (κ1) is 11.6. The van der Waals surface area contributed by atoms with E-state index in [0.29, 0.717) is 0 Å². The van der Waals surface area contributed by atoms with Crippen LogP contribution in [-0.2, 0) is 0 Å². The predicted octanol–water partition coefficient (Wildman–Crippen LogP) is 4.24. The van der Waals surface area contributed by atoms with Crippen molar-refractivity contribution in [3.8, 4) is 11.3 Å². The Kier molecular flexibility index (Phi) is 3.28. The second kappa shape index (κ2) is 4.53. The molecule has 1 aromatic heterocycles. The van der Waals surface area contributed by atoms with Gasteiger partial charge >= 0.3 is 0 Å². The van der Waals surface area contributed by atoms with Crippen molar-refractivity contribution in [1.29, 1.82) is 0 Å². The lowest BCUT2D eigenvalue weighted by molar-refractivity contribution is 0.631. The van der Waals surface area contributed by atoms with E-state index in [1.807, 2.05) is 0 Å². The molecule has 0 saturated heterocycles. The zero-order valence-corrected chi connectivity index (χ0v) is 9.98. The van der Waals surface area contributed by atoms with Crippen LogP contribution in [0.4, 0.5) is 4.39 Å². The van der Waals surface area contributed by atoms with Crippen LogP contribution in [-0.4, -0.2) is 9.97 Å². The summed E-state index contributed by atoms with van der Waals surface area (Å²) in [6.07, 6.45) is 0. The predicted molar refractivity (Wildman–Crippen MR) is 62.5 cm³/mol. The Hall–Kier alpha value is -0.900. The van der Waals surface area contributed by atoms with Crippen molar-refractivity contribution < 1.29 is 4.39 Å². The van der Waals surface area contributed by atoms with E-state index < -0.39 is 5.82 Å². The van der Waals surface area contributed by atoms with Gasteiger partial charge in [0.05, 0.1) is 16.3 Å². The van der Waals surface area contributed by atoms with Crippen molar-refractivity contribution >= 4 is 34.8 Å². The van der Waals surface area contributed by atoms with Crippen molar-refractivity contribution in [3.05, 3.63) is 45.5 Å². The molecule has 0 atom stereocenters. The van der Waals surface area contributed by atoms with E-state index in [-0.39, 0.29) is 26.7 Å². The summed E-state index contributed by atoms with van der Waals surface area (Å²) in [6.45, 7) is 0. The van der Waals surface area contributed by atoms with Crippen LogP contribution >= 0.6 is 34.8 Å². The summed E-state index contributed by atoms with van der Waals surface area (Å²) in [7, 11) is 0. The van der Waals surface area contributed by atoms with Crippen LogP contribution in [0.25, 0.3) is 11.3 Å². The van der Waals surface area contributed by atoms with E-state index in [0.717, 1.165) is 0 Å². The summed E-state index contributed by atoms with van der Waals surface area (Å²) in [5.74, 6) is -0.488. The standard InChI is InChI=1S/C10H4Cl3FN2/c11-5-2-1-3-6(14)9(5)7-4-8(12)16-10(13)15-7/h1-4H. The second-order valence-electron chi connectivity index (χ2n) is 2.94. The van der Waals surface area contributed by atoms with Gasteiger partial charge in [-0.2, -0.15) is 0 Å². The molecule has 16 heavy (non-hydrogen) atoms. The molecule has 6 heteroatoms. The van der Waals surface area contributed by atoms with Crippen LogP contribution in [0.2, 0.25) is 15.5 Å². The Morgan fingerprint density at radius 1 is 1.06 bits per heavy atom. The number of hydrogen-bond donors (Lipinski definition) is 0. The smallest absolute Gasteiger partial charge is 0.218 e. The fourth-order valence-electron chi connectivity index (χ4n) is 1.26. The van der Waals surface area contributed by atoms with Gasteiger partial charge in [0.1, 0.15) is 11.0 Å². The van der Waals surface area contributed by atoms with Crippen LogP contribution in [0.1, 0.15) is 0 Å². The quantitative estimate of drug-likeness (QED) is 0.575. The first-order valence-electron chi connectivity index (χ1n) is 4.22. The number of aromatic nitrogens is 2. The minimum absolute atomic E-state index is 0.0539. The van der Waals surface area contributed by atoms with E-state index in [9.17, 15) is 4.39 Å². The molecule has 0 aliphatic heterocycles. The highest BCUT2D eigenvalue weighted by molar-refractivity contribution is 6.34. The fraction of sp³-hybridized carbons (Fsp3) is 0. The van der Waals surface area contributed by atoms with E-state index in [1.54, 1.807) is 6.07 Å². The van der Waals surface area contributed by atoms with Gasteiger partial charge < -0.3 is 0 Å². The summed E-state index contributed by atoms with van der Waals surface area (Å²) in [4.78, 5) is 7.54. The van der Waals surface area contributed by atoms with Crippen LogP contribution in [0.15, 0.2) is 24.3 Å². The van der Waals surface area contributed by atoms with E-state index in [2.05, 4.69) is 9.97 Å². The first-order chi connectivity index (χ1) is 7.58. The van der Waals surface area contributed by atoms with Gasteiger partial charge in [-0.1, -0.05) is 29.3 Å². The molecule has 2 nitrogen and oxygen atoms in total. The average molecular weight is 278 g/mol. The third kappa shape index (κ3) is 2.26. The largest absolute Gasteiger partial charge is 0.224 e. The van der Waals surface area contributed by atoms with Crippen molar-refractivity contribution in [2.75, 3.05) is 0 Å². The van der Waals surface area contributed by atoms with Gasteiger partial charge in [0.2, 0.25) is 5.28 Å².